The van der Waals surface area contributed by atoms with E-state index in [0.29, 0.717) is 12.0 Å². The van der Waals surface area contributed by atoms with E-state index in [4.69, 9.17) is 0 Å². The molecule has 0 aliphatic heterocycles. The van der Waals surface area contributed by atoms with Crippen molar-refractivity contribution in [1.82, 2.24) is 5.32 Å². The maximum absolute atomic E-state index is 9.54. The highest BCUT2D eigenvalue weighted by molar-refractivity contribution is 4.80. The van der Waals surface area contributed by atoms with Crippen LogP contribution in [0.5, 0.6) is 0 Å². The third-order valence-corrected chi connectivity index (χ3v) is 4.40. The molecule has 0 unspecified atom stereocenters. The number of hydrogen-bond acceptors (Lipinski definition) is 2. The van der Waals surface area contributed by atoms with Crippen LogP contribution in [0.15, 0.2) is 0 Å². The SMILES string of the molecule is CCCCCC(C)(C)CNCC(CC)(CC)CO. The van der Waals surface area contributed by atoms with E-state index >= 15 is 0 Å². The molecule has 18 heavy (non-hydrogen) atoms. The third-order valence-electron chi connectivity index (χ3n) is 4.40. The number of aliphatic hydroxyl groups is 1. The van der Waals surface area contributed by atoms with Crippen molar-refractivity contribution in [3.63, 3.8) is 0 Å². The largest absolute Gasteiger partial charge is 0.396 e. The highest BCUT2D eigenvalue weighted by Crippen LogP contribution is 2.26. The standard InChI is InChI=1S/C16H35NO/c1-6-9-10-11-15(4,5)12-17-13-16(7-2,8-3)14-18/h17-18H,6-14H2,1-5H3. The molecule has 0 aliphatic rings. The Morgan fingerprint density at radius 1 is 0.944 bits per heavy atom. The summed E-state index contributed by atoms with van der Waals surface area (Å²) in [6.07, 6.45) is 7.35. The average Bonchev–Trinajstić information content (AvgIpc) is 2.35. The van der Waals surface area contributed by atoms with Gasteiger partial charge in [-0.15, -0.1) is 0 Å². The molecule has 0 aromatic heterocycles. The molecule has 0 fully saturated rings. The summed E-state index contributed by atoms with van der Waals surface area (Å²) in [4.78, 5) is 0. The maximum atomic E-state index is 9.54. The first-order valence-corrected chi connectivity index (χ1v) is 7.77. The molecular formula is C16H35NO. The first kappa shape index (κ1) is 17.9. The van der Waals surface area contributed by atoms with Crippen LogP contribution < -0.4 is 5.32 Å². The molecular weight excluding hydrogens is 222 g/mol. The summed E-state index contributed by atoms with van der Waals surface area (Å²) in [5, 5.41) is 13.1. The second-order valence-corrected chi connectivity index (χ2v) is 6.59. The van der Waals surface area contributed by atoms with E-state index in [-0.39, 0.29) is 5.41 Å². The van der Waals surface area contributed by atoms with Crippen LogP contribution in [-0.4, -0.2) is 24.8 Å². The van der Waals surface area contributed by atoms with Gasteiger partial charge in [0.2, 0.25) is 0 Å². The quantitative estimate of drug-likeness (QED) is 0.549. The Bertz CT molecular complexity index is 189. The topological polar surface area (TPSA) is 32.3 Å². The maximum Gasteiger partial charge on any atom is 0.0499 e. The molecule has 0 radical (unpaired) electrons. The fraction of sp³-hybridized carbons (Fsp3) is 1.00. The van der Waals surface area contributed by atoms with Crippen molar-refractivity contribution in [2.75, 3.05) is 19.7 Å². The van der Waals surface area contributed by atoms with Crippen molar-refractivity contribution >= 4 is 0 Å². The summed E-state index contributed by atoms with van der Waals surface area (Å²) in [7, 11) is 0. The van der Waals surface area contributed by atoms with Gasteiger partial charge in [0.05, 0.1) is 0 Å². The van der Waals surface area contributed by atoms with E-state index in [0.717, 1.165) is 25.9 Å². The fourth-order valence-corrected chi connectivity index (χ4v) is 2.39. The molecule has 0 heterocycles. The molecule has 2 N–H and O–H groups in total. The summed E-state index contributed by atoms with van der Waals surface area (Å²) in [5.41, 5.74) is 0.456. The second-order valence-electron chi connectivity index (χ2n) is 6.59. The third kappa shape index (κ3) is 6.75. The molecule has 0 atom stereocenters. The Balaban J connectivity index is 4.00. The minimum absolute atomic E-state index is 0.0828. The molecule has 0 saturated heterocycles. The number of nitrogens with one attached hydrogen (secondary N) is 1. The van der Waals surface area contributed by atoms with Crippen molar-refractivity contribution in [3.8, 4) is 0 Å². The monoisotopic (exact) mass is 257 g/mol. The van der Waals surface area contributed by atoms with Crippen LogP contribution in [0.1, 0.15) is 73.1 Å². The Labute approximate surface area is 115 Å². The fourth-order valence-electron chi connectivity index (χ4n) is 2.39. The minimum Gasteiger partial charge on any atom is -0.396 e. The van der Waals surface area contributed by atoms with E-state index in [1.165, 1.54) is 25.7 Å². The van der Waals surface area contributed by atoms with Crippen LogP contribution in [0.4, 0.5) is 0 Å². The number of hydrogen-bond donors (Lipinski definition) is 2. The number of aliphatic hydroxyl groups excluding tert-OH is 1. The van der Waals surface area contributed by atoms with E-state index < -0.39 is 0 Å². The van der Waals surface area contributed by atoms with E-state index in [1.54, 1.807) is 0 Å². The zero-order valence-corrected chi connectivity index (χ0v) is 13.3. The molecule has 0 aromatic rings. The van der Waals surface area contributed by atoms with Gasteiger partial charge in [0, 0.05) is 25.1 Å². The highest BCUT2D eigenvalue weighted by Gasteiger charge is 2.26. The normalized spacial score (nSPS) is 13.0. The molecule has 2 nitrogen and oxygen atoms in total. The predicted octanol–water partition coefficient (Wildman–Crippen LogP) is 3.98. The van der Waals surface area contributed by atoms with E-state index in [9.17, 15) is 5.11 Å². The lowest BCUT2D eigenvalue weighted by molar-refractivity contribution is 0.109. The first-order valence-electron chi connectivity index (χ1n) is 7.77. The Morgan fingerprint density at radius 3 is 2.00 bits per heavy atom. The van der Waals surface area contributed by atoms with Crippen LogP contribution >= 0.6 is 0 Å². The molecule has 0 rings (SSSR count). The lowest BCUT2D eigenvalue weighted by atomic mass is 9.82. The average molecular weight is 257 g/mol. The van der Waals surface area contributed by atoms with E-state index in [2.05, 4.69) is 39.9 Å². The van der Waals surface area contributed by atoms with Gasteiger partial charge in [0.15, 0.2) is 0 Å². The molecule has 2 heteroatoms. The van der Waals surface area contributed by atoms with Crippen LogP contribution in [0.2, 0.25) is 0 Å². The van der Waals surface area contributed by atoms with Gasteiger partial charge in [0.25, 0.3) is 0 Å². The van der Waals surface area contributed by atoms with Gasteiger partial charge in [-0.25, -0.2) is 0 Å². The van der Waals surface area contributed by atoms with Gasteiger partial charge < -0.3 is 10.4 Å². The summed E-state index contributed by atoms with van der Waals surface area (Å²) < 4.78 is 0. The Morgan fingerprint density at radius 2 is 1.56 bits per heavy atom. The van der Waals surface area contributed by atoms with Crippen molar-refractivity contribution in [1.29, 1.82) is 0 Å². The minimum atomic E-state index is 0.0828. The van der Waals surface area contributed by atoms with Gasteiger partial charge in [-0.1, -0.05) is 53.9 Å². The van der Waals surface area contributed by atoms with Crippen LogP contribution in [0.25, 0.3) is 0 Å². The molecule has 0 aliphatic carbocycles. The zero-order valence-electron chi connectivity index (χ0n) is 13.3. The smallest absolute Gasteiger partial charge is 0.0499 e. The van der Waals surface area contributed by atoms with Gasteiger partial charge >= 0.3 is 0 Å². The highest BCUT2D eigenvalue weighted by atomic mass is 16.3. The second kappa shape index (κ2) is 8.92. The predicted molar refractivity (Wildman–Crippen MR) is 80.9 cm³/mol. The van der Waals surface area contributed by atoms with Gasteiger partial charge in [0.1, 0.15) is 0 Å². The lowest BCUT2D eigenvalue weighted by Crippen LogP contribution is -2.40. The van der Waals surface area contributed by atoms with Crippen molar-refractivity contribution in [2.45, 2.75) is 73.1 Å². The van der Waals surface area contributed by atoms with E-state index in [1.807, 2.05) is 0 Å². The molecule has 0 aromatic carbocycles. The van der Waals surface area contributed by atoms with Crippen LogP contribution in [0, 0.1) is 10.8 Å². The summed E-state index contributed by atoms with van der Waals surface area (Å²) >= 11 is 0. The Kier molecular flexibility index (Phi) is 8.89. The van der Waals surface area contributed by atoms with Gasteiger partial charge in [-0.3, -0.25) is 0 Å². The van der Waals surface area contributed by atoms with Crippen molar-refractivity contribution in [2.24, 2.45) is 10.8 Å². The lowest BCUT2D eigenvalue weighted by Gasteiger charge is -2.32. The summed E-state index contributed by atoms with van der Waals surface area (Å²) in [6, 6.07) is 0. The number of rotatable bonds is 11. The Hall–Kier alpha value is -0.0800. The van der Waals surface area contributed by atoms with Crippen LogP contribution in [0.3, 0.4) is 0 Å². The summed E-state index contributed by atoms with van der Waals surface area (Å²) in [5.74, 6) is 0. The zero-order chi connectivity index (χ0) is 14.1. The van der Waals surface area contributed by atoms with Crippen LogP contribution in [-0.2, 0) is 0 Å². The van der Waals surface area contributed by atoms with Crippen molar-refractivity contribution in [3.05, 3.63) is 0 Å². The first-order chi connectivity index (χ1) is 8.45. The van der Waals surface area contributed by atoms with Gasteiger partial charge in [-0.05, 0) is 24.7 Å². The molecule has 0 amide bonds. The van der Waals surface area contributed by atoms with Crippen molar-refractivity contribution < 1.29 is 5.11 Å². The summed E-state index contributed by atoms with van der Waals surface area (Å²) in [6.45, 7) is 13.6. The number of unbranched alkanes of at least 4 members (excludes halogenated alkanes) is 2. The molecule has 0 bridgehead atoms. The molecule has 0 spiro atoms. The molecule has 0 saturated carbocycles. The van der Waals surface area contributed by atoms with Gasteiger partial charge in [-0.2, -0.15) is 0 Å². The molecule has 110 valence electrons.